The summed E-state index contributed by atoms with van der Waals surface area (Å²) in [5, 5.41) is 0. The van der Waals surface area contributed by atoms with E-state index in [1.807, 2.05) is 12.1 Å². The van der Waals surface area contributed by atoms with Gasteiger partial charge in [-0.25, -0.2) is 0 Å². The number of aldehydes is 1. The van der Waals surface area contributed by atoms with Gasteiger partial charge >= 0.3 is 0 Å². The van der Waals surface area contributed by atoms with Crippen LogP contribution >= 0.6 is 0 Å². The van der Waals surface area contributed by atoms with Crippen molar-refractivity contribution in [3.63, 3.8) is 0 Å². The van der Waals surface area contributed by atoms with Crippen LogP contribution in [0.1, 0.15) is 35.2 Å². The van der Waals surface area contributed by atoms with Gasteiger partial charge in [0.1, 0.15) is 6.29 Å². The van der Waals surface area contributed by atoms with E-state index in [4.69, 9.17) is 9.47 Å². The minimum absolute atomic E-state index is 0.0560. The van der Waals surface area contributed by atoms with Crippen molar-refractivity contribution in [1.82, 2.24) is 0 Å². The van der Waals surface area contributed by atoms with Crippen LogP contribution < -0.4 is 0 Å². The van der Waals surface area contributed by atoms with E-state index in [9.17, 15) is 4.79 Å². The summed E-state index contributed by atoms with van der Waals surface area (Å²) in [5.41, 5.74) is 1.76. The van der Waals surface area contributed by atoms with Gasteiger partial charge in [-0.05, 0) is 24.8 Å². The summed E-state index contributed by atoms with van der Waals surface area (Å²) in [5.74, 6) is 0. The van der Waals surface area contributed by atoms with Crippen LogP contribution in [-0.4, -0.2) is 19.2 Å². The zero-order valence-corrected chi connectivity index (χ0v) is 9.22. The molecule has 86 valence electrons. The van der Waals surface area contributed by atoms with E-state index in [2.05, 4.69) is 0 Å². The van der Waals surface area contributed by atoms with Crippen molar-refractivity contribution in [3.05, 3.63) is 35.4 Å². The molecule has 1 aliphatic rings. The highest BCUT2D eigenvalue weighted by atomic mass is 16.7. The lowest BCUT2D eigenvalue weighted by Gasteiger charge is -2.22. The Balaban J connectivity index is 1.81. The average molecular weight is 220 g/mol. The number of rotatable bonds is 4. The summed E-state index contributed by atoms with van der Waals surface area (Å²) < 4.78 is 11.1. The standard InChI is InChI=1S/C13H16O3/c14-9-11-4-6-12(7-5-11)10-16-13-3-1-2-8-15-13/h4-7,9,13H,1-3,8,10H2. The third kappa shape index (κ3) is 3.15. The number of ether oxygens (including phenoxy) is 2. The topological polar surface area (TPSA) is 35.5 Å². The Morgan fingerprint density at radius 2 is 2.12 bits per heavy atom. The van der Waals surface area contributed by atoms with Crippen molar-refractivity contribution >= 4 is 6.29 Å². The Kier molecular flexibility index (Phi) is 4.08. The monoisotopic (exact) mass is 220 g/mol. The molecule has 0 radical (unpaired) electrons. The molecule has 1 saturated heterocycles. The van der Waals surface area contributed by atoms with E-state index in [0.29, 0.717) is 12.2 Å². The number of hydrogen-bond acceptors (Lipinski definition) is 3. The van der Waals surface area contributed by atoms with Crippen LogP contribution in [0.2, 0.25) is 0 Å². The van der Waals surface area contributed by atoms with Gasteiger partial charge in [-0.1, -0.05) is 24.3 Å². The van der Waals surface area contributed by atoms with E-state index in [1.54, 1.807) is 12.1 Å². The van der Waals surface area contributed by atoms with E-state index < -0.39 is 0 Å². The summed E-state index contributed by atoms with van der Waals surface area (Å²) in [7, 11) is 0. The molecule has 0 saturated carbocycles. The lowest BCUT2D eigenvalue weighted by atomic mass is 10.1. The van der Waals surface area contributed by atoms with E-state index >= 15 is 0 Å². The first kappa shape index (κ1) is 11.3. The zero-order valence-electron chi connectivity index (χ0n) is 9.22. The summed E-state index contributed by atoms with van der Waals surface area (Å²) >= 11 is 0. The highest BCUT2D eigenvalue weighted by Crippen LogP contribution is 2.15. The largest absolute Gasteiger partial charge is 0.353 e. The van der Waals surface area contributed by atoms with Crippen molar-refractivity contribution in [3.8, 4) is 0 Å². The molecular formula is C13H16O3. The van der Waals surface area contributed by atoms with Gasteiger partial charge < -0.3 is 9.47 Å². The van der Waals surface area contributed by atoms with Crippen molar-refractivity contribution in [1.29, 1.82) is 0 Å². The smallest absolute Gasteiger partial charge is 0.158 e. The molecule has 1 aliphatic heterocycles. The maximum Gasteiger partial charge on any atom is 0.158 e. The fourth-order valence-corrected chi connectivity index (χ4v) is 1.72. The molecule has 3 heteroatoms. The van der Waals surface area contributed by atoms with Gasteiger partial charge in [-0.2, -0.15) is 0 Å². The van der Waals surface area contributed by atoms with Crippen LogP contribution in [0.3, 0.4) is 0 Å². The summed E-state index contributed by atoms with van der Waals surface area (Å²) in [6.45, 7) is 1.35. The number of hydrogen-bond donors (Lipinski definition) is 0. The molecule has 16 heavy (non-hydrogen) atoms. The van der Waals surface area contributed by atoms with Crippen molar-refractivity contribution in [2.24, 2.45) is 0 Å². The molecule has 3 nitrogen and oxygen atoms in total. The van der Waals surface area contributed by atoms with Gasteiger partial charge in [0.15, 0.2) is 6.29 Å². The minimum atomic E-state index is -0.0560. The molecule has 1 heterocycles. The van der Waals surface area contributed by atoms with E-state index in [0.717, 1.165) is 31.3 Å². The second kappa shape index (κ2) is 5.77. The molecule has 0 spiro atoms. The molecule has 1 atom stereocenters. The predicted molar refractivity (Wildman–Crippen MR) is 60.2 cm³/mol. The molecule has 1 aromatic carbocycles. The van der Waals surface area contributed by atoms with Crippen LogP contribution in [0, 0.1) is 0 Å². The van der Waals surface area contributed by atoms with Crippen molar-refractivity contribution in [2.75, 3.05) is 6.61 Å². The molecule has 0 N–H and O–H groups in total. The maximum atomic E-state index is 10.5. The minimum Gasteiger partial charge on any atom is -0.353 e. The molecule has 0 bridgehead atoms. The van der Waals surface area contributed by atoms with Gasteiger partial charge in [0.2, 0.25) is 0 Å². The van der Waals surface area contributed by atoms with Gasteiger partial charge in [-0.3, -0.25) is 4.79 Å². The van der Waals surface area contributed by atoms with Gasteiger partial charge in [0.25, 0.3) is 0 Å². The van der Waals surface area contributed by atoms with Gasteiger partial charge in [0, 0.05) is 12.2 Å². The third-order valence-corrected chi connectivity index (χ3v) is 2.69. The number of benzene rings is 1. The van der Waals surface area contributed by atoms with Crippen LogP contribution in [-0.2, 0) is 16.1 Å². The lowest BCUT2D eigenvalue weighted by molar-refractivity contribution is -0.168. The lowest BCUT2D eigenvalue weighted by Crippen LogP contribution is -2.21. The molecular weight excluding hydrogens is 204 g/mol. The Bertz CT molecular complexity index is 326. The van der Waals surface area contributed by atoms with E-state index in [-0.39, 0.29) is 6.29 Å². The first-order valence-electron chi connectivity index (χ1n) is 5.66. The second-order valence-corrected chi connectivity index (χ2v) is 3.97. The zero-order chi connectivity index (χ0) is 11.2. The van der Waals surface area contributed by atoms with Crippen molar-refractivity contribution < 1.29 is 14.3 Å². The number of carbonyl (C=O) groups excluding carboxylic acids is 1. The molecule has 1 fully saturated rings. The van der Waals surface area contributed by atoms with Crippen LogP contribution in [0.4, 0.5) is 0 Å². The molecule has 0 amide bonds. The van der Waals surface area contributed by atoms with E-state index in [1.165, 1.54) is 6.42 Å². The van der Waals surface area contributed by atoms with Crippen molar-refractivity contribution in [2.45, 2.75) is 32.2 Å². The Hall–Kier alpha value is -1.19. The van der Waals surface area contributed by atoms with Crippen LogP contribution in [0.25, 0.3) is 0 Å². The first-order valence-corrected chi connectivity index (χ1v) is 5.66. The molecule has 2 rings (SSSR count). The molecule has 1 unspecified atom stereocenters. The molecule has 0 aromatic heterocycles. The first-order chi connectivity index (χ1) is 7.88. The third-order valence-electron chi connectivity index (χ3n) is 2.69. The Morgan fingerprint density at radius 1 is 1.31 bits per heavy atom. The fraction of sp³-hybridized carbons (Fsp3) is 0.462. The van der Waals surface area contributed by atoms with Crippen LogP contribution in [0.5, 0.6) is 0 Å². The summed E-state index contributed by atoms with van der Waals surface area (Å²) in [6.07, 6.45) is 4.07. The van der Waals surface area contributed by atoms with Crippen LogP contribution in [0.15, 0.2) is 24.3 Å². The van der Waals surface area contributed by atoms with Gasteiger partial charge in [0.05, 0.1) is 6.61 Å². The molecule has 0 aliphatic carbocycles. The predicted octanol–water partition coefficient (Wildman–Crippen LogP) is 2.54. The fourth-order valence-electron chi connectivity index (χ4n) is 1.72. The number of carbonyl (C=O) groups is 1. The highest BCUT2D eigenvalue weighted by molar-refractivity contribution is 5.74. The quantitative estimate of drug-likeness (QED) is 0.731. The average Bonchev–Trinajstić information content (AvgIpc) is 2.38. The SMILES string of the molecule is O=Cc1ccc(COC2CCCCO2)cc1. The Labute approximate surface area is 95.4 Å². The summed E-state index contributed by atoms with van der Waals surface area (Å²) in [4.78, 5) is 10.5. The second-order valence-electron chi connectivity index (χ2n) is 3.97. The molecule has 1 aromatic rings. The highest BCUT2D eigenvalue weighted by Gasteiger charge is 2.13. The summed E-state index contributed by atoms with van der Waals surface area (Å²) in [6, 6.07) is 7.42. The normalized spacial score (nSPS) is 20.6. The Morgan fingerprint density at radius 3 is 2.75 bits per heavy atom. The van der Waals surface area contributed by atoms with Gasteiger partial charge in [-0.15, -0.1) is 0 Å². The maximum absolute atomic E-state index is 10.5.